The highest BCUT2D eigenvalue weighted by Gasteiger charge is 2.26. The van der Waals surface area contributed by atoms with Crippen LogP contribution in [-0.4, -0.2) is 35.4 Å². The van der Waals surface area contributed by atoms with Crippen LogP contribution in [0.1, 0.15) is 45.6 Å². The first kappa shape index (κ1) is 23.7. The molecule has 0 aliphatic rings. The Morgan fingerprint density at radius 1 is 1.10 bits per heavy atom. The second-order valence-corrected chi connectivity index (χ2v) is 7.85. The summed E-state index contributed by atoms with van der Waals surface area (Å²) < 4.78 is 5.68. The Labute approximate surface area is 184 Å². The van der Waals surface area contributed by atoms with Gasteiger partial charge in [-0.1, -0.05) is 48.9 Å². The fourth-order valence-corrected chi connectivity index (χ4v) is 3.17. The number of para-hydroxylation sites is 1. The van der Waals surface area contributed by atoms with Crippen molar-refractivity contribution in [1.82, 2.24) is 10.2 Å². The van der Waals surface area contributed by atoms with E-state index in [1.807, 2.05) is 62.4 Å². The standard InChI is InChI=1S/C24H31ClN2O3/c1-4-18(2)26-24(29)19(3)27(17-20-10-8-11-21(25)16-20)23(28)14-9-15-30-22-12-6-5-7-13-22/h5-8,10-13,16,18-19H,4,9,14-15,17H2,1-3H3,(H,26,29)/t18-,19+/m1/s1. The smallest absolute Gasteiger partial charge is 0.242 e. The van der Waals surface area contributed by atoms with Crippen molar-refractivity contribution >= 4 is 23.4 Å². The van der Waals surface area contributed by atoms with Gasteiger partial charge in [-0.05, 0) is 56.5 Å². The lowest BCUT2D eigenvalue weighted by Crippen LogP contribution is -2.49. The maximum atomic E-state index is 13.0. The van der Waals surface area contributed by atoms with E-state index in [2.05, 4.69) is 5.32 Å². The summed E-state index contributed by atoms with van der Waals surface area (Å²) in [5.41, 5.74) is 0.888. The van der Waals surface area contributed by atoms with Crippen LogP contribution in [0.25, 0.3) is 0 Å². The average Bonchev–Trinajstić information content (AvgIpc) is 2.75. The minimum Gasteiger partial charge on any atom is -0.494 e. The van der Waals surface area contributed by atoms with Crippen molar-refractivity contribution in [2.24, 2.45) is 0 Å². The molecule has 162 valence electrons. The van der Waals surface area contributed by atoms with Crippen LogP contribution < -0.4 is 10.1 Å². The fraction of sp³-hybridized carbons (Fsp3) is 0.417. The van der Waals surface area contributed by atoms with Crippen molar-refractivity contribution in [3.05, 3.63) is 65.2 Å². The summed E-state index contributed by atoms with van der Waals surface area (Å²) >= 11 is 6.10. The van der Waals surface area contributed by atoms with Crippen LogP contribution in [-0.2, 0) is 16.1 Å². The summed E-state index contributed by atoms with van der Waals surface area (Å²) in [7, 11) is 0. The van der Waals surface area contributed by atoms with E-state index in [9.17, 15) is 9.59 Å². The highest BCUT2D eigenvalue weighted by Crippen LogP contribution is 2.16. The van der Waals surface area contributed by atoms with E-state index in [1.54, 1.807) is 17.9 Å². The molecule has 2 atom stereocenters. The highest BCUT2D eigenvalue weighted by atomic mass is 35.5. The molecule has 0 unspecified atom stereocenters. The predicted octanol–water partition coefficient (Wildman–Crippen LogP) is 4.83. The number of carbonyl (C=O) groups excluding carboxylic acids is 2. The predicted molar refractivity (Wildman–Crippen MR) is 121 cm³/mol. The van der Waals surface area contributed by atoms with E-state index in [4.69, 9.17) is 16.3 Å². The normalized spacial score (nSPS) is 12.7. The zero-order chi connectivity index (χ0) is 21.9. The van der Waals surface area contributed by atoms with Gasteiger partial charge in [-0.2, -0.15) is 0 Å². The van der Waals surface area contributed by atoms with Crippen LogP contribution in [0.5, 0.6) is 5.75 Å². The lowest BCUT2D eigenvalue weighted by molar-refractivity contribution is -0.141. The number of ether oxygens (including phenoxy) is 1. The van der Waals surface area contributed by atoms with Gasteiger partial charge in [0, 0.05) is 24.0 Å². The van der Waals surface area contributed by atoms with Crippen molar-refractivity contribution in [2.75, 3.05) is 6.61 Å². The van der Waals surface area contributed by atoms with E-state index in [0.29, 0.717) is 31.0 Å². The molecule has 0 spiro atoms. The number of carbonyl (C=O) groups is 2. The third-order valence-corrected chi connectivity index (χ3v) is 5.19. The third kappa shape index (κ3) is 7.71. The molecule has 6 heteroatoms. The first-order valence-corrected chi connectivity index (χ1v) is 10.8. The van der Waals surface area contributed by atoms with Crippen LogP contribution in [0, 0.1) is 0 Å². The molecule has 5 nitrogen and oxygen atoms in total. The van der Waals surface area contributed by atoms with E-state index < -0.39 is 6.04 Å². The van der Waals surface area contributed by atoms with Gasteiger partial charge >= 0.3 is 0 Å². The molecular formula is C24H31ClN2O3. The topological polar surface area (TPSA) is 58.6 Å². The molecular weight excluding hydrogens is 400 g/mol. The summed E-state index contributed by atoms with van der Waals surface area (Å²) in [6.07, 6.45) is 1.70. The van der Waals surface area contributed by atoms with Crippen molar-refractivity contribution in [2.45, 2.75) is 58.7 Å². The van der Waals surface area contributed by atoms with Crippen LogP contribution >= 0.6 is 11.6 Å². The minimum atomic E-state index is -0.583. The molecule has 2 aromatic rings. The van der Waals surface area contributed by atoms with Gasteiger partial charge < -0.3 is 15.0 Å². The Morgan fingerprint density at radius 2 is 1.83 bits per heavy atom. The Kier molecular flexibility index (Phi) is 9.68. The summed E-state index contributed by atoms with van der Waals surface area (Å²) in [6, 6.07) is 16.3. The largest absolute Gasteiger partial charge is 0.494 e. The average molecular weight is 431 g/mol. The Morgan fingerprint density at radius 3 is 2.50 bits per heavy atom. The van der Waals surface area contributed by atoms with E-state index in [-0.39, 0.29) is 17.9 Å². The maximum Gasteiger partial charge on any atom is 0.242 e. The van der Waals surface area contributed by atoms with Gasteiger partial charge in [-0.25, -0.2) is 0 Å². The second kappa shape index (κ2) is 12.2. The summed E-state index contributed by atoms with van der Waals surface area (Å²) in [5, 5.41) is 3.57. The van der Waals surface area contributed by atoms with Gasteiger partial charge in [0.15, 0.2) is 0 Å². The molecule has 0 aliphatic carbocycles. The first-order valence-electron chi connectivity index (χ1n) is 10.4. The van der Waals surface area contributed by atoms with Gasteiger partial charge in [-0.3, -0.25) is 9.59 Å². The number of halogens is 1. The lowest BCUT2D eigenvalue weighted by atomic mass is 10.1. The molecule has 0 aromatic heterocycles. The van der Waals surface area contributed by atoms with Gasteiger partial charge in [0.25, 0.3) is 0 Å². The number of nitrogens with zero attached hydrogens (tertiary/aromatic N) is 1. The quantitative estimate of drug-likeness (QED) is 0.519. The molecule has 2 amide bonds. The first-order chi connectivity index (χ1) is 14.4. The maximum absolute atomic E-state index is 13.0. The number of hydrogen-bond acceptors (Lipinski definition) is 3. The van der Waals surface area contributed by atoms with E-state index in [1.165, 1.54) is 0 Å². The molecule has 0 bridgehead atoms. The van der Waals surface area contributed by atoms with Crippen molar-refractivity contribution in [1.29, 1.82) is 0 Å². The summed E-state index contributed by atoms with van der Waals surface area (Å²) in [4.78, 5) is 27.3. The van der Waals surface area contributed by atoms with E-state index >= 15 is 0 Å². The van der Waals surface area contributed by atoms with Gasteiger partial charge in [0.05, 0.1) is 6.61 Å². The molecule has 0 radical (unpaired) electrons. The van der Waals surface area contributed by atoms with Crippen molar-refractivity contribution < 1.29 is 14.3 Å². The highest BCUT2D eigenvalue weighted by molar-refractivity contribution is 6.30. The molecule has 2 rings (SSSR count). The number of nitrogens with one attached hydrogen (secondary N) is 1. The van der Waals surface area contributed by atoms with E-state index in [0.717, 1.165) is 17.7 Å². The fourth-order valence-electron chi connectivity index (χ4n) is 2.95. The minimum absolute atomic E-state index is 0.0577. The SMILES string of the molecule is CC[C@@H](C)NC(=O)[C@H](C)N(Cc1cccc(Cl)c1)C(=O)CCCOc1ccccc1. The van der Waals surface area contributed by atoms with Gasteiger partial charge in [0.2, 0.25) is 11.8 Å². The number of rotatable bonds is 11. The van der Waals surface area contributed by atoms with Gasteiger partial charge in [-0.15, -0.1) is 0 Å². The molecule has 0 heterocycles. The number of amides is 2. The zero-order valence-corrected chi connectivity index (χ0v) is 18.7. The number of benzene rings is 2. The Bertz CT molecular complexity index is 813. The number of hydrogen-bond donors (Lipinski definition) is 1. The second-order valence-electron chi connectivity index (χ2n) is 7.41. The van der Waals surface area contributed by atoms with Crippen molar-refractivity contribution in [3.63, 3.8) is 0 Å². The third-order valence-electron chi connectivity index (χ3n) is 4.96. The van der Waals surface area contributed by atoms with Crippen LogP contribution in [0.2, 0.25) is 5.02 Å². The van der Waals surface area contributed by atoms with Crippen molar-refractivity contribution in [3.8, 4) is 5.75 Å². The molecule has 30 heavy (non-hydrogen) atoms. The molecule has 0 saturated heterocycles. The molecule has 0 aliphatic heterocycles. The Balaban J connectivity index is 2.01. The monoisotopic (exact) mass is 430 g/mol. The summed E-state index contributed by atoms with van der Waals surface area (Å²) in [5.74, 6) is 0.542. The lowest BCUT2D eigenvalue weighted by Gasteiger charge is -2.30. The molecule has 0 saturated carbocycles. The molecule has 2 aromatic carbocycles. The molecule has 0 fully saturated rings. The Hall–Kier alpha value is -2.53. The molecule has 1 N–H and O–H groups in total. The van der Waals surface area contributed by atoms with Crippen LogP contribution in [0.4, 0.5) is 0 Å². The zero-order valence-electron chi connectivity index (χ0n) is 17.9. The summed E-state index contributed by atoms with van der Waals surface area (Å²) in [6.45, 7) is 6.49. The van der Waals surface area contributed by atoms with Crippen LogP contribution in [0.3, 0.4) is 0 Å². The van der Waals surface area contributed by atoms with Crippen LogP contribution in [0.15, 0.2) is 54.6 Å². The van der Waals surface area contributed by atoms with Gasteiger partial charge in [0.1, 0.15) is 11.8 Å².